The number of hydrogen-bond acceptors (Lipinski definition) is 2. The SMILES string of the molecule is CCc1cc(Br)ccc1S(=O)(=O)NCc1ccc(F)cc1Cl. The molecule has 0 bridgehead atoms. The summed E-state index contributed by atoms with van der Waals surface area (Å²) in [5.41, 5.74) is 1.23. The summed E-state index contributed by atoms with van der Waals surface area (Å²) in [6.07, 6.45) is 0.590. The Morgan fingerprint density at radius 3 is 2.55 bits per heavy atom. The summed E-state index contributed by atoms with van der Waals surface area (Å²) in [7, 11) is -3.67. The molecule has 0 unspecified atom stereocenters. The summed E-state index contributed by atoms with van der Waals surface area (Å²) in [5, 5.41) is 0.189. The number of rotatable bonds is 5. The zero-order chi connectivity index (χ0) is 16.3. The van der Waals surface area contributed by atoms with Crippen molar-refractivity contribution in [3.05, 3.63) is 62.8 Å². The third kappa shape index (κ3) is 4.07. The molecule has 7 heteroatoms. The van der Waals surface area contributed by atoms with Gasteiger partial charge in [0.25, 0.3) is 0 Å². The number of benzene rings is 2. The molecule has 0 saturated carbocycles. The maximum absolute atomic E-state index is 13.0. The highest BCUT2D eigenvalue weighted by atomic mass is 79.9. The lowest BCUT2D eigenvalue weighted by Crippen LogP contribution is -2.24. The van der Waals surface area contributed by atoms with Crippen molar-refractivity contribution in [3.63, 3.8) is 0 Å². The van der Waals surface area contributed by atoms with Crippen molar-refractivity contribution in [2.45, 2.75) is 24.8 Å². The summed E-state index contributed by atoms with van der Waals surface area (Å²) in [6, 6.07) is 8.87. The number of hydrogen-bond donors (Lipinski definition) is 1. The Bertz CT molecular complexity index is 796. The fourth-order valence-electron chi connectivity index (χ4n) is 2.00. The molecule has 0 aliphatic carbocycles. The van der Waals surface area contributed by atoms with E-state index < -0.39 is 15.8 Å². The molecule has 2 aromatic carbocycles. The van der Waals surface area contributed by atoms with Gasteiger partial charge in [-0.1, -0.05) is 40.5 Å². The molecule has 0 aliphatic rings. The zero-order valence-electron chi connectivity index (χ0n) is 11.7. The molecule has 0 aliphatic heterocycles. The van der Waals surface area contributed by atoms with Crippen molar-refractivity contribution in [2.75, 3.05) is 0 Å². The first-order valence-corrected chi connectivity index (χ1v) is 9.21. The van der Waals surface area contributed by atoms with Crippen molar-refractivity contribution >= 4 is 37.6 Å². The predicted molar refractivity (Wildman–Crippen MR) is 89.0 cm³/mol. The van der Waals surface area contributed by atoms with Crippen molar-refractivity contribution in [1.29, 1.82) is 0 Å². The fourth-order valence-corrected chi connectivity index (χ4v) is 3.94. The lowest BCUT2D eigenvalue weighted by Gasteiger charge is -2.12. The second-order valence-electron chi connectivity index (χ2n) is 4.67. The van der Waals surface area contributed by atoms with E-state index >= 15 is 0 Å². The number of sulfonamides is 1. The van der Waals surface area contributed by atoms with Crippen LogP contribution in [0.2, 0.25) is 5.02 Å². The number of halogens is 3. The van der Waals surface area contributed by atoms with E-state index in [9.17, 15) is 12.8 Å². The van der Waals surface area contributed by atoms with Gasteiger partial charge in [0.05, 0.1) is 4.90 Å². The Morgan fingerprint density at radius 1 is 1.18 bits per heavy atom. The van der Waals surface area contributed by atoms with Gasteiger partial charge >= 0.3 is 0 Å². The third-order valence-corrected chi connectivity index (χ3v) is 5.51. The second kappa shape index (κ2) is 7.08. The topological polar surface area (TPSA) is 46.2 Å². The Labute approximate surface area is 142 Å². The van der Waals surface area contributed by atoms with Gasteiger partial charge in [0.2, 0.25) is 10.0 Å². The quantitative estimate of drug-likeness (QED) is 0.805. The van der Waals surface area contributed by atoms with Crippen LogP contribution in [0.3, 0.4) is 0 Å². The van der Waals surface area contributed by atoms with Gasteiger partial charge in [-0.2, -0.15) is 0 Å². The van der Waals surface area contributed by atoms with E-state index in [2.05, 4.69) is 20.7 Å². The van der Waals surface area contributed by atoms with Gasteiger partial charge < -0.3 is 0 Å². The van der Waals surface area contributed by atoms with Gasteiger partial charge in [-0.15, -0.1) is 0 Å². The van der Waals surface area contributed by atoms with Crippen LogP contribution in [0, 0.1) is 5.82 Å². The van der Waals surface area contributed by atoms with E-state index in [0.29, 0.717) is 17.5 Å². The van der Waals surface area contributed by atoms with E-state index in [1.54, 1.807) is 18.2 Å². The molecule has 118 valence electrons. The van der Waals surface area contributed by atoms with Crippen LogP contribution in [0.1, 0.15) is 18.1 Å². The highest BCUT2D eigenvalue weighted by molar-refractivity contribution is 9.10. The van der Waals surface area contributed by atoms with Crippen LogP contribution in [-0.4, -0.2) is 8.42 Å². The molecule has 1 N–H and O–H groups in total. The van der Waals surface area contributed by atoms with Crippen molar-refractivity contribution < 1.29 is 12.8 Å². The summed E-state index contributed by atoms with van der Waals surface area (Å²) >= 11 is 9.23. The summed E-state index contributed by atoms with van der Waals surface area (Å²) in [5.74, 6) is -0.460. The number of aryl methyl sites for hydroxylation is 1. The lowest BCUT2D eigenvalue weighted by atomic mass is 10.2. The maximum Gasteiger partial charge on any atom is 0.241 e. The Balaban J connectivity index is 2.25. The Hall–Kier alpha value is -0.950. The van der Waals surface area contributed by atoms with E-state index in [-0.39, 0.29) is 16.5 Å². The van der Waals surface area contributed by atoms with E-state index in [0.717, 1.165) is 10.5 Å². The predicted octanol–water partition coefficient (Wildman–Crippen LogP) is 4.28. The second-order valence-corrected chi connectivity index (χ2v) is 7.72. The summed E-state index contributed by atoms with van der Waals surface area (Å²) in [4.78, 5) is 0.233. The molecule has 3 nitrogen and oxygen atoms in total. The fraction of sp³-hybridized carbons (Fsp3) is 0.200. The van der Waals surface area contributed by atoms with E-state index in [1.165, 1.54) is 12.1 Å². The van der Waals surface area contributed by atoms with Gasteiger partial charge in [0.15, 0.2) is 0 Å². The standard InChI is InChI=1S/C15H14BrClFNO2S/c1-2-10-7-12(16)4-6-15(10)22(20,21)19-9-11-3-5-13(18)8-14(11)17/h3-8,19H,2,9H2,1H3. The molecular formula is C15H14BrClFNO2S. The molecule has 0 amide bonds. The van der Waals surface area contributed by atoms with Crippen LogP contribution in [0.5, 0.6) is 0 Å². The molecule has 2 rings (SSSR count). The van der Waals surface area contributed by atoms with Crippen LogP contribution < -0.4 is 4.72 Å². The molecule has 0 saturated heterocycles. The molecule has 0 atom stereocenters. The van der Waals surface area contributed by atoms with Gasteiger partial charge in [0.1, 0.15) is 5.82 Å². The largest absolute Gasteiger partial charge is 0.241 e. The Kier molecular flexibility index (Phi) is 5.60. The zero-order valence-corrected chi connectivity index (χ0v) is 14.9. The van der Waals surface area contributed by atoms with E-state index in [1.807, 2.05) is 6.92 Å². The van der Waals surface area contributed by atoms with Crippen LogP contribution >= 0.6 is 27.5 Å². The molecule has 0 spiro atoms. The van der Waals surface area contributed by atoms with Crippen LogP contribution in [0.15, 0.2) is 45.8 Å². The molecular weight excluding hydrogens is 393 g/mol. The average Bonchev–Trinajstić information content (AvgIpc) is 2.45. The monoisotopic (exact) mass is 405 g/mol. The minimum Gasteiger partial charge on any atom is -0.207 e. The molecule has 0 radical (unpaired) electrons. The average molecular weight is 407 g/mol. The first-order valence-electron chi connectivity index (χ1n) is 6.55. The third-order valence-electron chi connectivity index (χ3n) is 3.16. The minimum absolute atomic E-state index is 0.000660. The summed E-state index contributed by atoms with van der Waals surface area (Å²) in [6.45, 7) is 1.89. The minimum atomic E-state index is -3.67. The van der Waals surface area contributed by atoms with Crippen molar-refractivity contribution in [3.8, 4) is 0 Å². The first-order chi connectivity index (χ1) is 10.3. The summed E-state index contributed by atoms with van der Waals surface area (Å²) < 4.78 is 41.2. The lowest BCUT2D eigenvalue weighted by molar-refractivity contribution is 0.580. The first kappa shape index (κ1) is 17.4. The normalized spacial score (nSPS) is 11.6. The van der Waals surface area contributed by atoms with Crippen molar-refractivity contribution in [1.82, 2.24) is 4.72 Å². The van der Waals surface area contributed by atoms with Crippen LogP contribution in [-0.2, 0) is 23.0 Å². The highest BCUT2D eigenvalue weighted by Gasteiger charge is 2.18. The molecule has 22 heavy (non-hydrogen) atoms. The molecule has 0 heterocycles. The molecule has 0 aromatic heterocycles. The Morgan fingerprint density at radius 2 is 1.91 bits per heavy atom. The number of nitrogens with one attached hydrogen (secondary N) is 1. The smallest absolute Gasteiger partial charge is 0.207 e. The van der Waals surface area contributed by atoms with Gasteiger partial charge in [0, 0.05) is 16.0 Å². The van der Waals surface area contributed by atoms with Gasteiger partial charge in [-0.05, 0) is 47.9 Å². The van der Waals surface area contributed by atoms with Crippen molar-refractivity contribution in [2.24, 2.45) is 0 Å². The van der Waals surface area contributed by atoms with Crippen LogP contribution in [0.4, 0.5) is 4.39 Å². The van der Waals surface area contributed by atoms with E-state index in [4.69, 9.17) is 11.6 Å². The molecule has 0 fully saturated rings. The highest BCUT2D eigenvalue weighted by Crippen LogP contribution is 2.22. The van der Waals surface area contributed by atoms with Gasteiger partial charge in [-0.3, -0.25) is 0 Å². The van der Waals surface area contributed by atoms with Gasteiger partial charge in [-0.25, -0.2) is 17.5 Å². The maximum atomic E-state index is 13.0. The molecule has 2 aromatic rings. The van der Waals surface area contributed by atoms with Crippen LogP contribution in [0.25, 0.3) is 0 Å².